The van der Waals surface area contributed by atoms with E-state index >= 15 is 0 Å². The van der Waals surface area contributed by atoms with Gasteiger partial charge in [0.05, 0.1) is 17.1 Å². The fourth-order valence-corrected chi connectivity index (χ4v) is 3.74. The number of aromatic nitrogens is 2. The maximum absolute atomic E-state index is 12.9. The Morgan fingerprint density at radius 2 is 1.92 bits per heavy atom. The highest BCUT2D eigenvalue weighted by Gasteiger charge is 2.35. The first kappa shape index (κ1) is 16.6. The van der Waals surface area contributed by atoms with E-state index in [1.165, 1.54) is 4.90 Å². The smallest absolute Gasteiger partial charge is 0.296 e. The molecule has 2 heterocycles. The van der Waals surface area contributed by atoms with Crippen LogP contribution in [0.3, 0.4) is 0 Å². The number of hydrogen-bond donors (Lipinski definition) is 0. The highest BCUT2D eigenvalue weighted by atomic mass is 32.3. The van der Waals surface area contributed by atoms with Crippen LogP contribution in [0.15, 0.2) is 30.3 Å². The first-order valence-electron chi connectivity index (χ1n) is 7.59. The molecule has 0 bridgehead atoms. The minimum atomic E-state index is -4.60. The van der Waals surface area contributed by atoms with Gasteiger partial charge in [-0.25, -0.2) is 4.68 Å². The molecular weight excluding hydrogens is 333 g/mol. The van der Waals surface area contributed by atoms with Crippen LogP contribution < -0.4 is 4.90 Å². The molecule has 3 rings (SSSR count). The second kappa shape index (κ2) is 6.01. The van der Waals surface area contributed by atoms with Crippen LogP contribution in [0, 0.1) is 19.8 Å². The van der Waals surface area contributed by atoms with Crippen molar-refractivity contribution < 1.29 is 17.1 Å². The molecule has 1 aromatic heterocycles. The van der Waals surface area contributed by atoms with Gasteiger partial charge in [0.1, 0.15) is 5.82 Å². The summed E-state index contributed by atoms with van der Waals surface area (Å²) in [6.45, 7) is 3.96. The summed E-state index contributed by atoms with van der Waals surface area (Å²) in [6, 6.07) is 9.45. The molecule has 1 aliphatic rings. The second-order valence-electron chi connectivity index (χ2n) is 6.17. The van der Waals surface area contributed by atoms with Crippen molar-refractivity contribution in [2.24, 2.45) is 5.92 Å². The first-order chi connectivity index (χ1) is 11.2. The van der Waals surface area contributed by atoms with Crippen LogP contribution >= 0.6 is 0 Å². The van der Waals surface area contributed by atoms with Crippen molar-refractivity contribution in [3.63, 3.8) is 0 Å². The second-order valence-corrected chi connectivity index (χ2v) is 7.58. The van der Waals surface area contributed by atoms with Gasteiger partial charge in [-0.2, -0.15) is 13.5 Å². The highest BCUT2D eigenvalue weighted by Crippen LogP contribution is 2.29. The number of nitrogens with zero attached hydrogens (tertiary/aromatic N) is 3. The van der Waals surface area contributed by atoms with E-state index < -0.39 is 21.9 Å². The summed E-state index contributed by atoms with van der Waals surface area (Å²) in [5.41, 5.74) is 2.65. The Kier molecular flexibility index (Phi) is 4.16. The van der Waals surface area contributed by atoms with Gasteiger partial charge in [0, 0.05) is 24.9 Å². The van der Waals surface area contributed by atoms with Crippen LogP contribution in [-0.4, -0.2) is 36.4 Å². The third-order valence-corrected chi connectivity index (χ3v) is 4.88. The predicted octanol–water partition coefficient (Wildman–Crippen LogP) is 2.14. The molecule has 2 aromatic rings. The van der Waals surface area contributed by atoms with Gasteiger partial charge < -0.3 is 0 Å². The molecule has 1 fully saturated rings. The number of halogens is 1. The maximum Gasteiger partial charge on any atom is 0.302 e. The molecule has 1 atom stereocenters. The molecule has 128 valence electrons. The molecule has 1 unspecified atom stereocenters. The Hall–Kier alpha value is -2.22. The molecule has 8 heteroatoms. The third kappa shape index (κ3) is 3.48. The van der Waals surface area contributed by atoms with E-state index in [4.69, 9.17) is 0 Å². The lowest BCUT2D eigenvalue weighted by atomic mass is 10.1. The summed E-state index contributed by atoms with van der Waals surface area (Å²) in [6.07, 6.45) is 0.0152. The standard InChI is InChI=1S/C16H18FN3O3S/c1-11-3-5-14(6-4-11)20-15(7-12(2)18-20)19-9-13(8-16(19)21)10-24(17,22)23/h3-7,13H,8-10H2,1-2H3. The fraction of sp³-hybridized carbons (Fsp3) is 0.375. The van der Waals surface area contributed by atoms with Crippen LogP contribution in [0.4, 0.5) is 9.70 Å². The largest absolute Gasteiger partial charge is 0.302 e. The zero-order valence-corrected chi connectivity index (χ0v) is 14.3. The monoisotopic (exact) mass is 351 g/mol. The summed E-state index contributed by atoms with van der Waals surface area (Å²) in [5.74, 6) is -0.835. The van der Waals surface area contributed by atoms with Crippen molar-refractivity contribution >= 4 is 21.9 Å². The van der Waals surface area contributed by atoms with Crippen molar-refractivity contribution in [1.29, 1.82) is 0 Å². The topological polar surface area (TPSA) is 72.3 Å². The quantitative estimate of drug-likeness (QED) is 0.791. The van der Waals surface area contributed by atoms with Crippen molar-refractivity contribution in [3.8, 4) is 5.69 Å². The van der Waals surface area contributed by atoms with Gasteiger partial charge in [0.25, 0.3) is 0 Å². The normalized spacial score (nSPS) is 18.4. The summed E-state index contributed by atoms with van der Waals surface area (Å²) in [5, 5.41) is 4.42. The summed E-state index contributed by atoms with van der Waals surface area (Å²) < 4.78 is 36.3. The SMILES string of the molecule is Cc1ccc(-n2nc(C)cc2N2CC(CS(=O)(=O)F)CC2=O)cc1. The molecule has 0 radical (unpaired) electrons. The molecule has 1 saturated heterocycles. The van der Waals surface area contributed by atoms with Crippen molar-refractivity contribution in [2.45, 2.75) is 20.3 Å². The van der Waals surface area contributed by atoms with E-state index in [1.54, 1.807) is 10.7 Å². The van der Waals surface area contributed by atoms with Crippen molar-refractivity contribution in [3.05, 3.63) is 41.6 Å². The average molecular weight is 351 g/mol. The maximum atomic E-state index is 12.9. The molecule has 0 aliphatic carbocycles. The van der Waals surface area contributed by atoms with E-state index in [9.17, 15) is 17.1 Å². The molecule has 6 nitrogen and oxygen atoms in total. The van der Waals surface area contributed by atoms with Crippen LogP contribution in [0.2, 0.25) is 0 Å². The van der Waals surface area contributed by atoms with Gasteiger partial charge in [-0.15, -0.1) is 3.89 Å². The Labute approximate surface area is 140 Å². The number of hydrogen-bond acceptors (Lipinski definition) is 4. The van der Waals surface area contributed by atoms with E-state index in [0.29, 0.717) is 5.82 Å². The highest BCUT2D eigenvalue weighted by molar-refractivity contribution is 7.86. The van der Waals surface area contributed by atoms with Crippen molar-refractivity contribution in [1.82, 2.24) is 9.78 Å². The Bertz CT molecular complexity index is 874. The fourth-order valence-electron chi connectivity index (χ4n) is 2.95. The van der Waals surface area contributed by atoms with Crippen LogP contribution in [0.1, 0.15) is 17.7 Å². The minimum Gasteiger partial charge on any atom is -0.296 e. The predicted molar refractivity (Wildman–Crippen MR) is 88.4 cm³/mol. The van der Waals surface area contributed by atoms with Gasteiger partial charge in [-0.1, -0.05) is 17.7 Å². The third-order valence-electron chi connectivity index (χ3n) is 4.01. The van der Waals surface area contributed by atoms with Gasteiger partial charge in [-0.05, 0) is 26.0 Å². The zero-order chi connectivity index (χ0) is 17.5. The van der Waals surface area contributed by atoms with E-state index in [0.717, 1.165) is 16.9 Å². The molecule has 1 amide bonds. The average Bonchev–Trinajstić information content (AvgIpc) is 3.01. The molecule has 0 N–H and O–H groups in total. The van der Waals surface area contributed by atoms with Gasteiger partial charge in [0.15, 0.2) is 0 Å². The van der Waals surface area contributed by atoms with Crippen LogP contribution in [0.25, 0.3) is 5.69 Å². The number of rotatable bonds is 4. The number of carbonyl (C=O) groups is 1. The lowest BCUT2D eigenvalue weighted by Gasteiger charge is -2.18. The lowest BCUT2D eigenvalue weighted by molar-refractivity contribution is -0.117. The molecule has 0 saturated carbocycles. The minimum absolute atomic E-state index is 0.0152. The lowest BCUT2D eigenvalue weighted by Crippen LogP contribution is -2.27. The van der Waals surface area contributed by atoms with Crippen LogP contribution in [0.5, 0.6) is 0 Å². The molecule has 0 spiro atoms. The number of amides is 1. The number of carbonyl (C=O) groups excluding carboxylic acids is 1. The molecular formula is C16H18FN3O3S. The van der Waals surface area contributed by atoms with E-state index in [-0.39, 0.29) is 18.9 Å². The Balaban J connectivity index is 1.93. The van der Waals surface area contributed by atoms with Crippen LogP contribution in [-0.2, 0) is 15.0 Å². The summed E-state index contributed by atoms with van der Waals surface area (Å²) >= 11 is 0. The van der Waals surface area contributed by atoms with Gasteiger partial charge >= 0.3 is 10.2 Å². The van der Waals surface area contributed by atoms with Gasteiger partial charge in [-0.3, -0.25) is 9.69 Å². The van der Waals surface area contributed by atoms with Crippen molar-refractivity contribution in [2.75, 3.05) is 17.2 Å². The molecule has 1 aromatic carbocycles. The summed E-state index contributed by atoms with van der Waals surface area (Å²) in [4.78, 5) is 13.8. The van der Waals surface area contributed by atoms with E-state index in [1.807, 2.05) is 38.1 Å². The number of anilines is 1. The molecule has 24 heavy (non-hydrogen) atoms. The Morgan fingerprint density at radius 1 is 1.25 bits per heavy atom. The Morgan fingerprint density at radius 3 is 2.54 bits per heavy atom. The number of benzene rings is 1. The van der Waals surface area contributed by atoms with Gasteiger partial charge in [0.2, 0.25) is 5.91 Å². The molecule has 1 aliphatic heterocycles. The van der Waals surface area contributed by atoms with E-state index in [2.05, 4.69) is 5.10 Å². The number of aryl methyl sites for hydroxylation is 2. The first-order valence-corrected chi connectivity index (χ1v) is 9.14. The zero-order valence-electron chi connectivity index (χ0n) is 13.4. The summed E-state index contributed by atoms with van der Waals surface area (Å²) in [7, 11) is -4.60.